The summed E-state index contributed by atoms with van der Waals surface area (Å²) in [5, 5.41) is 2.34. The standard InChI is InChI=1S/C22H27N3O4.C5H9FO/c26-20-9-8-18(21(27)23-20)25-13-14-12-15(6-7-16(14)22(25)28)29-19-5-2-1-4-17(19)24-10-3-11-24;6-5-2-1-3-7-4-5/h6-7,12,17-19H,1-5,8-11,13H2,(H,23,26,27);5H,1-4H2. The van der Waals surface area contributed by atoms with E-state index in [2.05, 4.69) is 10.2 Å². The van der Waals surface area contributed by atoms with Crippen LogP contribution in [0.15, 0.2) is 18.2 Å². The van der Waals surface area contributed by atoms with Gasteiger partial charge in [0.2, 0.25) is 11.8 Å². The highest BCUT2D eigenvalue weighted by Crippen LogP contribution is 2.33. The molecule has 4 fully saturated rings. The first kappa shape index (κ1) is 25.1. The van der Waals surface area contributed by atoms with Crippen molar-refractivity contribution in [3.63, 3.8) is 0 Å². The molecule has 1 aromatic carbocycles. The molecule has 4 atom stereocenters. The number of halogens is 1. The van der Waals surface area contributed by atoms with Gasteiger partial charge >= 0.3 is 0 Å². The molecule has 4 heterocycles. The van der Waals surface area contributed by atoms with Gasteiger partial charge in [-0.2, -0.15) is 0 Å². The van der Waals surface area contributed by atoms with Crippen LogP contribution in [0, 0.1) is 0 Å². The van der Waals surface area contributed by atoms with Crippen molar-refractivity contribution in [3.8, 4) is 5.75 Å². The van der Waals surface area contributed by atoms with E-state index in [1.54, 1.807) is 4.90 Å². The second kappa shape index (κ2) is 11.3. The Morgan fingerprint density at radius 3 is 2.50 bits per heavy atom. The first-order valence-electron chi connectivity index (χ1n) is 13.4. The number of nitrogens with one attached hydrogen (secondary N) is 1. The number of imide groups is 1. The number of fused-ring (bicyclic) bond motifs is 1. The van der Waals surface area contributed by atoms with E-state index in [-0.39, 0.29) is 30.2 Å². The molecule has 1 N–H and O–H groups in total. The van der Waals surface area contributed by atoms with Gasteiger partial charge in [-0.15, -0.1) is 0 Å². The topological polar surface area (TPSA) is 88.2 Å². The lowest BCUT2D eigenvalue weighted by atomic mass is 9.89. The molecule has 1 aromatic rings. The zero-order chi connectivity index (χ0) is 25.1. The zero-order valence-electron chi connectivity index (χ0n) is 20.8. The number of piperidine rings is 1. The molecule has 0 radical (unpaired) electrons. The summed E-state index contributed by atoms with van der Waals surface area (Å²) in [6.45, 7) is 3.80. The fraction of sp³-hybridized carbons (Fsp3) is 0.667. The lowest BCUT2D eigenvalue weighted by Crippen LogP contribution is -2.53. The summed E-state index contributed by atoms with van der Waals surface area (Å²) >= 11 is 0. The molecule has 5 aliphatic rings. The van der Waals surface area contributed by atoms with Crippen molar-refractivity contribution < 1.29 is 28.2 Å². The van der Waals surface area contributed by atoms with Crippen LogP contribution >= 0.6 is 0 Å². The van der Waals surface area contributed by atoms with Crippen molar-refractivity contribution in [2.24, 2.45) is 0 Å². The van der Waals surface area contributed by atoms with Crippen molar-refractivity contribution in [1.29, 1.82) is 0 Å². The number of likely N-dealkylation sites (tertiary alicyclic amines) is 1. The summed E-state index contributed by atoms with van der Waals surface area (Å²) in [6, 6.07) is 5.58. The van der Waals surface area contributed by atoms with Crippen molar-refractivity contribution in [3.05, 3.63) is 29.3 Å². The fourth-order valence-corrected chi connectivity index (χ4v) is 5.81. The molecule has 0 spiro atoms. The minimum atomic E-state index is -0.686. The lowest BCUT2D eigenvalue weighted by molar-refractivity contribution is -0.136. The molecule has 36 heavy (non-hydrogen) atoms. The van der Waals surface area contributed by atoms with E-state index in [0.717, 1.165) is 30.8 Å². The van der Waals surface area contributed by atoms with Crippen LogP contribution in [0.2, 0.25) is 0 Å². The van der Waals surface area contributed by atoms with E-state index in [0.29, 0.717) is 37.6 Å². The summed E-state index contributed by atoms with van der Waals surface area (Å²) in [4.78, 5) is 40.6. The summed E-state index contributed by atoms with van der Waals surface area (Å²) < 4.78 is 23.3. The first-order chi connectivity index (χ1) is 17.5. The first-order valence-corrected chi connectivity index (χ1v) is 13.4. The Hall–Kier alpha value is -2.52. The van der Waals surface area contributed by atoms with Crippen LogP contribution in [0.3, 0.4) is 0 Å². The Morgan fingerprint density at radius 1 is 1.00 bits per heavy atom. The van der Waals surface area contributed by atoms with Gasteiger partial charge in [-0.1, -0.05) is 6.42 Å². The van der Waals surface area contributed by atoms with Gasteiger partial charge in [0.05, 0.1) is 6.61 Å². The number of hydrogen-bond acceptors (Lipinski definition) is 6. The second-order valence-electron chi connectivity index (χ2n) is 10.4. The molecule has 0 aromatic heterocycles. The molecule has 4 unspecified atom stereocenters. The molecule has 196 valence electrons. The Bertz CT molecular complexity index is 978. The number of amides is 3. The summed E-state index contributed by atoms with van der Waals surface area (Å²) in [5.41, 5.74) is 1.53. The molecule has 8 nitrogen and oxygen atoms in total. The molecule has 9 heteroatoms. The number of ether oxygens (including phenoxy) is 2. The van der Waals surface area contributed by atoms with Gasteiger partial charge in [-0.05, 0) is 81.8 Å². The van der Waals surface area contributed by atoms with Crippen LogP contribution in [0.25, 0.3) is 0 Å². The van der Waals surface area contributed by atoms with Gasteiger partial charge in [-0.25, -0.2) is 4.39 Å². The van der Waals surface area contributed by atoms with Crippen molar-refractivity contribution >= 4 is 17.7 Å². The molecule has 6 rings (SSSR count). The Kier molecular flexibility index (Phi) is 7.86. The van der Waals surface area contributed by atoms with Crippen molar-refractivity contribution in [1.82, 2.24) is 15.1 Å². The van der Waals surface area contributed by atoms with E-state index in [4.69, 9.17) is 9.47 Å². The third-order valence-corrected chi connectivity index (χ3v) is 7.91. The number of carbonyl (C=O) groups is 3. The third kappa shape index (κ3) is 5.57. The average molecular weight is 502 g/mol. The minimum Gasteiger partial charge on any atom is -0.489 e. The lowest BCUT2D eigenvalue weighted by Gasteiger charge is -2.44. The minimum absolute atomic E-state index is 0.142. The average Bonchev–Trinajstić information content (AvgIpc) is 3.15. The molecule has 4 aliphatic heterocycles. The van der Waals surface area contributed by atoms with Gasteiger partial charge in [0.15, 0.2) is 0 Å². The largest absolute Gasteiger partial charge is 0.489 e. The van der Waals surface area contributed by atoms with Crippen LogP contribution in [0.4, 0.5) is 4.39 Å². The molecule has 1 saturated carbocycles. The Morgan fingerprint density at radius 2 is 1.83 bits per heavy atom. The maximum Gasteiger partial charge on any atom is 0.255 e. The van der Waals surface area contributed by atoms with Crippen LogP contribution in [-0.2, 0) is 20.9 Å². The second-order valence-corrected chi connectivity index (χ2v) is 10.4. The number of nitrogens with zero attached hydrogens (tertiary/aromatic N) is 2. The van der Waals surface area contributed by atoms with E-state index in [9.17, 15) is 18.8 Å². The van der Waals surface area contributed by atoms with Crippen LogP contribution in [-0.4, -0.2) is 78.2 Å². The van der Waals surface area contributed by atoms with Crippen molar-refractivity contribution in [2.75, 3.05) is 26.3 Å². The van der Waals surface area contributed by atoms with Crippen LogP contribution in [0.1, 0.15) is 73.7 Å². The predicted molar refractivity (Wildman–Crippen MR) is 130 cm³/mol. The number of alkyl halides is 1. The monoisotopic (exact) mass is 501 g/mol. The van der Waals surface area contributed by atoms with Gasteiger partial charge in [0.25, 0.3) is 5.91 Å². The van der Waals surface area contributed by atoms with E-state index >= 15 is 0 Å². The van der Waals surface area contributed by atoms with E-state index < -0.39 is 12.2 Å². The Balaban J connectivity index is 0.000000330. The maximum absolute atomic E-state index is 12.8. The zero-order valence-corrected chi connectivity index (χ0v) is 20.8. The highest BCUT2D eigenvalue weighted by Gasteiger charge is 2.39. The fourth-order valence-electron chi connectivity index (χ4n) is 5.81. The molecule has 3 saturated heterocycles. The summed E-state index contributed by atoms with van der Waals surface area (Å²) in [6.07, 6.45) is 7.75. The van der Waals surface area contributed by atoms with Gasteiger partial charge in [-0.3, -0.25) is 24.6 Å². The van der Waals surface area contributed by atoms with Gasteiger partial charge < -0.3 is 14.4 Å². The number of carbonyl (C=O) groups excluding carboxylic acids is 3. The summed E-state index contributed by atoms with van der Waals surface area (Å²) in [7, 11) is 0. The van der Waals surface area contributed by atoms with E-state index in [1.807, 2.05) is 18.2 Å². The smallest absolute Gasteiger partial charge is 0.255 e. The van der Waals surface area contributed by atoms with Gasteiger partial charge in [0.1, 0.15) is 24.1 Å². The highest BCUT2D eigenvalue weighted by atomic mass is 19.1. The van der Waals surface area contributed by atoms with Crippen molar-refractivity contribution in [2.45, 2.75) is 88.7 Å². The predicted octanol–water partition coefficient (Wildman–Crippen LogP) is 2.98. The molecular weight excluding hydrogens is 465 g/mol. The van der Waals surface area contributed by atoms with Crippen LogP contribution in [0.5, 0.6) is 5.75 Å². The van der Waals surface area contributed by atoms with E-state index in [1.165, 1.54) is 38.8 Å². The Labute approximate surface area is 211 Å². The molecular formula is C27H36FN3O5. The normalized spacial score (nSPS) is 30.6. The third-order valence-electron chi connectivity index (χ3n) is 7.91. The van der Waals surface area contributed by atoms with Gasteiger partial charge in [0, 0.05) is 31.2 Å². The SMILES string of the molecule is FC1CCCOC1.O=C1CCC(N2Cc3cc(OC4CCCCC4N4CCC4)ccc3C2=O)C(=O)N1. The number of hydrogen-bond donors (Lipinski definition) is 1. The number of rotatable bonds is 4. The van der Waals surface area contributed by atoms with Crippen LogP contribution < -0.4 is 10.1 Å². The summed E-state index contributed by atoms with van der Waals surface area (Å²) in [5.74, 6) is 0.0186. The molecule has 1 aliphatic carbocycles. The highest BCUT2D eigenvalue weighted by molar-refractivity contribution is 6.05. The molecule has 3 amide bonds. The molecule has 0 bridgehead atoms. The number of benzene rings is 1. The maximum atomic E-state index is 12.8. The quantitative estimate of drug-likeness (QED) is 0.639.